The molecule has 0 radical (unpaired) electrons. The lowest BCUT2D eigenvalue weighted by atomic mass is 9.94. The van der Waals surface area contributed by atoms with Crippen LogP contribution in [0.3, 0.4) is 0 Å². The molecule has 2 aromatic carbocycles. The number of nitrogens with one attached hydrogen (secondary N) is 1. The molecule has 2 aliphatic rings. The number of hydrogen-bond acceptors (Lipinski definition) is 5. The topological polar surface area (TPSA) is 95.9 Å². The molecule has 0 atom stereocenters. The Morgan fingerprint density at radius 1 is 1.00 bits per heavy atom. The zero-order chi connectivity index (χ0) is 23.9. The highest BCUT2D eigenvalue weighted by Crippen LogP contribution is 2.44. The van der Waals surface area contributed by atoms with Crippen LogP contribution in [0.1, 0.15) is 36.3 Å². The van der Waals surface area contributed by atoms with Gasteiger partial charge in [0.25, 0.3) is 0 Å². The Bertz CT molecular complexity index is 990. The first kappa shape index (κ1) is 24.1. The summed E-state index contributed by atoms with van der Waals surface area (Å²) >= 11 is 1.48. The molecule has 7 nitrogen and oxygen atoms in total. The first-order chi connectivity index (χ1) is 16.5. The number of carbonyl (C=O) groups is 3. The van der Waals surface area contributed by atoms with Crippen LogP contribution in [0.4, 0.5) is 4.79 Å². The van der Waals surface area contributed by atoms with Crippen molar-refractivity contribution in [1.82, 2.24) is 10.2 Å². The molecule has 2 N–H and O–H groups in total. The quantitative estimate of drug-likeness (QED) is 0.525. The number of nitrogens with zero attached hydrogens (tertiary/aromatic N) is 1. The van der Waals surface area contributed by atoms with Crippen LogP contribution in [-0.4, -0.2) is 65.7 Å². The highest BCUT2D eigenvalue weighted by molar-refractivity contribution is 7.99. The zero-order valence-electron chi connectivity index (χ0n) is 19.1. The molecule has 0 saturated carbocycles. The number of carboxylic acid groups (broad SMARTS) is 1. The van der Waals surface area contributed by atoms with Crippen LogP contribution in [0.2, 0.25) is 0 Å². The Balaban J connectivity index is 1.13. The van der Waals surface area contributed by atoms with Crippen LogP contribution in [0.5, 0.6) is 0 Å². The summed E-state index contributed by atoms with van der Waals surface area (Å²) in [5, 5.41) is 11.7. The molecule has 0 unspecified atom stereocenters. The molecule has 1 aliphatic carbocycles. The molecule has 0 aromatic heterocycles. The molecular formula is C26H30N2O5S. The van der Waals surface area contributed by atoms with E-state index in [0.29, 0.717) is 31.1 Å². The van der Waals surface area contributed by atoms with E-state index < -0.39 is 12.1 Å². The third-order valence-corrected chi connectivity index (χ3v) is 7.46. The first-order valence-electron chi connectivity index (χ1n) is 11.7. The van der Waals surface area contributed by atoms with E-state index >= 15 is 0 Å². The number of rotatable bonds is 9. The van der Waals surface area contributed by atoms with Crippen molar-refractivity contribution in [1.29, 1.82) is 0 Å². The number of piperidine rings is 1. The minimum Gasteiger partial charge on any atom is -0.481 e. The fourth-order valence-electron chi connectivity index (χ4n) is 4.76. The Labute approximate surface area is 203 Å². The maximum Gasteiger partial charge on any atom is 0.407 e. The number of aliphatic carboxylic acids is 1. The second-order valence-corrected chi connectivity index (χ2v) is 9.83. The van der Waals surface area contributed by atoms with Crippen molar-refractivity contribution in [2.75, 3.05) is 37.7 Å². The largest absolute Gasteiger partial charge is 0.481 e. The fraction of sp³-hybridized carbons (Fsp3) is 0.423. The van der Waals surface area contributed by atoms with E-state index in [4.69, 9.17) is 9.84 Å². The highest BCUT2D eigenvalue weighted by atomic mass is 32.2. The lowest BCUT2D eigenvalue weighted by Gasteiger charge is -2.31. The van der Waals surface area contributed by atoms with Crippen molar-refractivity contribution in [3.8, 4) is 11.1 Å². The van der Waals surface area contributed by atoms with Gasteiger partial charge in [0.15, 0.2) is 0 Å². The summed E-state index contributed by atoms with van der Waals surface area (Å²) in [5.74, 6) is 0.464. The number of fused-ring (bicyclic) bond motifs is 3. The van der Waals surface area contributed by atoms with Crippen LogP contribution in [0.25, 0.3) is 11.1 Å². The van der Waals surface area contributed by atoms with Crippen LogP contribution < -0.4 is 5.32 Å². The van der Waals surface area contributed by atoms with E-state index in [0.717, 1.165) is 12.8 Å². The molecule has 1 aliphatic heterocycles. The average Bonchev–Trinajstić information content (AvgIpc) is 3.16. The van der Waals surface area contributed by atoms with Gasteiger partial charge >= 0.3 is 12.1 Å². The summed E-state index contributed by atoms with van der Waals surface area (Å²) in [6.07, 6.45) is 1.21. The molecule has 8 heteroatoms. The minimum absolute atomic E-state index is 0.0322. The van der Waals surface area contributed by atoms with Crippen LogP contribution in [0.15, 0.2) is 48.5 Å². The van der Waals surface area contributed by atoms with Gasteiger partial charge < -0.3 is 20.1 Å². The Morgan fingerprint density at radius 3 is 2.24 bits per heavy atom. The van der Waals surface area contributed by atoms with Crippen molar-refractivity contribution in [2.45, 2.75) is 25.2 Å². The molecule has 2 amide bonds. The van der Waals surface area contributed by atoms with Gasteiger partial charge in [0.05, 0.1) is 5.75 Å². The number of thioether (sulfide) groups is 1. The Hall–Kier alpha value is -3.00. The van der Waals surface area contributed by atoms with Gasteiger partial charge in [-0.1, -0.05) is 48.5 Å². The third kappa shape index (κ3) is 5.91. The summed E-state index contributed by atoms with van der Waals surface area (Å²) in [7, 11) is 0. The highest BCUT2D eigenvalue weighted by Gasteiger charge is 2.29. The summed E-state index contributed by atoms with van der Waals surface area (Å²) in [6, 6.07) is 16.4. The van der Waals surface area contributed by atoms with Gasteiger partial charge in [-0.25, -0.2) is 4.79 Å². The van der Waals surface area contributed by atoms with Crippen molar-refractivity contribution in [3.63, 3.8) is 0 Å². The Kier molecular flexibility index (Phi) is 8.11. The van der Waals surface area contributed by atoms with Crippen molar-refractivity contribution in [3.05, 3.63) is 59.7 Å². The van der Waals surface area contributed by atoms with E-state index in [1.54, 1.807) is 0 Å². The predicted molar refractivity (Wildman–Crippen MR) is 132 cm³/mol. The second kappa shape index (κ2) is 11.4. The minimum atomic E-state index is -0.774. The summed E-state index contributed by atoms with van der Waals surface area (Å²) in [4.78, 5) is 37.2. The number of benzene rings is 2. The molecule has 180 valence electrons. The number of alkyl carbamates (subject to hydrolysis) is 1. The van der Waals surface area contributed by atoms with E-state index in [9.17, 15) is 14.4 Å². The molecule has 1 heterocycles. The Morgan fingerprint density at radius 2 is 1.62 bits per heavy atom. The van der Waals surface area contributed by atoms with Gasteiger partial charge in [0.2, 0.25) is 5.91 Å². The SMILES string of the molecule is O=C(O)CC1CCN(C(=O)CSCCNC(=O)OCC2c3ccccc3-c3ccccc32)CC1. The fourth-order valence-corrected chi connectivity index (χ4v) is 5.51. The average molecular weight is 483 g/mol. The maximum absolute atomic E-state index is 12.4. The van der Waals surface area contributed by atoms with Gasteiger partial charge in [-0.05, 0) is 41.0 Å². The second-order valence-electron chi connectivity index (χ2n) is 8.73. The monoisotopic (exact) mass is 482 g/mol. The molecular weight excluding hydrogens is 452 g/mol. The van der Waals surface area contributed by atoms with Gasteiger partial charge in [0.1, 0.15) is 6.61 Å². The van der Waals surface area contributed by atoms with E-state index in [1.165, 1.54) is 34.0 Å². The van der Waals surface area contributed by atoms with Crippen LogP contribution >= 0.6 is 11.8 Å². The van der Waals surface area contributed by atoms with Gasteiger partial charge in [-0.15, -0.1) is 0 Å². The number of carbonyl (C=O) groups excluding carboxylic acids is 2. The van der Waals surface area contributed by atoms with Crippen molar-refractivity contribution >= 4 is 29.7 Å². The normalized spacial score (nSPS) is 15.5. The van der Waals surface area contributed by atoms with Crippen LogP contribution in [-0.2, 0) is 14.3 Å². The summed E-state index contributed by atoms with van der Waals surface area (Å²) < 4.78 is 5.52. The lowest BCUT2D eigenvalue weighted by molar-refractivity contribution is -0.138. The number of carboxylic acids is 1. The van der Waals surface area contributed by atoms with Gasteiger partial charge in [-0.3, -0.25) is 9.59 Å². The molecule has 1 saturated heterocycles. The molecule has 2 aromatic rings. The molecule has 0 bridgehead atoms. The molecule has 34 heavy (non-hydrogen) atoms. The zero-order valence-corrected chi connectivity index (χ0v) is 19.9. The van der Waals surface area contributed by atoms with Crippen molar-refractivity contribution in [2.24, 2.45) is 5.92 Å². The first-order valence-corrected chi connectivity index (χ1v) is 12.8. The number of amides is 2. The third-order valence-electron chi connectivity index (χ3n) is 6.52. The number of likely N-dealkylation sites (tertiary alicyclic amines) is 1. The number of hydrogen-bond donors (Lipinski definition) is 2. The summed E-state index contributed by atoms with van der Waals surface area (Å²) in [5.41, 5.74) is 4.74. The maximum atomic E-state index is 12.4. The number of ether oxygens (including phenoxy) is 1. The molecule has 4 rings (SSSR count). The molecule has 0 spiro atoms. The van der Waals surface area contributed by atoms with Crippen LogP contribution in [0, 0.1) is 5.92 Å². The molecule has 1 fully saturated rings. The van der Waals surface area contributed by atoms with E-state index in [2.05, 4.69) is 29.6 Å². The smallest absolute Gasteiger partial charge is 0.407 e. The predicted octanol–water partition coefficient (Wildman–Crippen LogP) is 3.97. The van der Waals surface area contributed by atoms with E-state index in [1.807, 2.05) is 29.2 Å². The van der Waals surface area contributed by atoms with Gasteiger partial charge in [0, 0.05) is 37.7 Å². The van der Waals surface area contributed by atoms with Crippen molar-refractivity contribution < 1.29 is 24.2 Å². The lowest BCUT2D eigenvalue weighted by Crippen LogP contribution is -2.40. The summed E-state index contributed by atoms with van der Waals surface area (Å²) in [6.45, 7) is 1.95. The van der Waals surface area contributed by atoms with E-state index in [-0.39, 0.29) is 30.8 Å². The standard InChI is InChI=1S/C26H30N2O5S/c29-24(28-12-9-18(10-13-28)15-25(30)31)17-34-14-11-27-26(32)33-16-23-21-7-3-1-5-19(21)20-6-2-4-8-22(20)23/h1-8,18,23H,9-17H2,(H,27,32)(H,30,31). The van der Waals surface area contributed by atoms with Gasteiger partial charge in [-0.2, -0.15) is 11.8 Å².